The minimum Gasteiger partial charge on any atom is -0.352 e. The van der Waals surface area contributed by atoms with Gasteiger partial charge in [-0.1, -0.05) is 30.3 Å². The summed E-state index contributed by atoms with van der Waals surface area (Å²) in [5, 5.41) is 0. The van der Waals surface area contributed by atoms with Crippen LogP contribution in [0.2, 0.25) is 0 Å². The largest absolute Gasteiger partial charge is 0.416 e. The van der Waals surface area contributed by atoms with Gasteiger partial charge in [0.2, 0.25) is 0 Å². The second kappa shape index (κ2) is 9.62. The molecule has 0 aliphatic carbocycles. The van der Waals surface area contributed by atoms with Gasteiger partial charge in [-0.15, -0.1) is 0 Å². The highest BCUT2D eigenvalue weighted by atomic mass is 19.4. The van der Waals surface area contributed by atoms with Crippen LogP contribution in [0.25, 0.3) is 0 Å². The molecule has 1 aliphatic heterocycles. The minimum absolute atomic E-state index is 0.0835. The average molecular weight is 460 g/mol. The first-order chi connectivity index (χ1) is 15.0. The van der Waals surface area contributed by atoms with Crippen molar-refractivity contribution in [2.24, 2.45) is 5.92 Å². The van der Waals surface area contributed by atoms with Gasteiger partial charge in [0, 0.05) is 12.3 Å². The molecule has 2 aromatic rings. The van der Waals surface area contributed by atoms with Crippen molar-refractivity contribution >= 4 is 6.29 Å². The molecule has 1 heterocycles. The predicted octanol–water partition coefficient (Wildman–Crippen LogP) is 6.54. The number of hydrogen-bond acceptors (Lipinski definition) is 3. The second-order valence-electron chi connectivity index (χ2n) is 7.74. The lowest BCUT2D eigenvalue weighted by molar-refractivity contribution is -0.209. The van der Waals surface area contributed by atoms with Crippen LogP contribution in [-0.4, -0.2) is 19.2 Å². The fourth-order valence-electron chi connectivity index (χ4n) is 3.95. The van der Waals surface area contributed by atoms with E-state index in [0.717, 1.165) is 11.8 Å². The van der Waals surface area contributed by atoms with Crippen molar-refractivity contribution in [2.45, 2.75) is 50.4 Å². The Kier molecular flexibility index (Phi) is 7.29. The molecule has 3 nitrogen and oxygen atoms in total. The number of hydrogen-bond donors (Lipinski definition) is 0. The summed E-state index contributed by atoms with van der Waals surface area (Å²) in [5.41, 5.74) is -2.25. The summed E-state index contributed by atoms with van der Waals surface area (Å²) < 4.78 is 90.9. The van der Waals surface area contributed by atoms with Crippen LogP contribution in [0, 0.1) is 5.92 Å². The molecule has 0 aromatic heterocycles. The Morgan fingerprint density at radius 1 is 1.03 bits per heavy atom. The van der Waals surface area contributed by atoms with Crippen LogP contribution < -0.4 is 0 Å². The Hall–Kier alpha value is -2.39. The number of carbonyl (C=O) groups is 1. The number of benzene rings is 2. The summed E-state index contributed by atoms with van der Waals surface area (Å²) in [6.45, 7) is 1.64. The summed E-state index contributed by atoms with van der Waals surface area (Å²) in [5.74, 6) is -0.529. The Morgan fingerprint density at radius 2 is 1.62 bits per heavy atom. The van der Waals surface area contributed by atoms with E-state index in [1.165, 1.54) is 6.92 Å². The van der Waals surface area contributed by atoms with Gasteiger partial charge in [0.15, 0.2) is 6.29 Å². The maximum atomic E-state index is 13.2. The zero-order chi connectivity index (χ0) is 23.5. The molecule has 0 bridgehead atoms. The quantitative estimate of drug-likeness (QED) is 0.363. The van der Waals surface area contributed by atoms with Crippen LogP contribution in [0.3, 0.4) is 0 Å². The van der Waals surface area contributed by atoms with Crippen molar-refractivity contribution < 1.29 is 40.6 Å². The SMILES string of the molecule is CC(OC1OCCC(CC=O)C1c1ccccc1)c1cc(C(F)(F)F)cc(C(F)(F)F)c1. The van der Waals surface area contributed by atoms with Gasteiger partial charge in [-0.2, -0.15) is 26.3 Å². The lowest BCUT2D eigenvalue weighted by atomic mass is 9.80. The van der Waals surface area contributed by atoms with Gasteiger partial charge < -0.3 is 14.3 Å². The number of aldehydes is 1. The van der Waals surface area contributed by atoms with E-state index in [0.29, 0.717) is 18.6 Å². The van der Waals surface area contributed by atoms with E-state index in [1.807, 2.05) is 18.2 Å². The van der Waals surface area contributed by atoms with Gasteiger partial charge >= 0.3 is 12.4 Å². The molecule has 1 aliphatic rings. The highest BCUT2D eigenvalue weighted by molar-refractivity contribution is 5.50. The molecule has 32 heavy (non-hydrogen) atoms. The van der Waals surface area contributed by atoms with E-state index in [-0.39, 0.29) is 30.6 Å². The third-order valence-electron chi connectivity index (χ3n) is 5.57. The van der Waals surface area contributed by atoms with Gasteiger partial charge in [-0.3, -0.25) is 0 Å². The maximum Gasteiger partial charge on any atom is 0.416 e. The molecule has 2 aromatic carbocycles. The Labute approximate surface area is 181 Å². The number of ether oxygens (including phenoxy) is 2. The fraction of sp³-hybridized carbons (Fsp3) is 0.435. The smallest absolute Gasteiger partial charge is 0.352 e. The van der Waals surface area contributed by atoms with Crippen LogP contribution >= 0.6 is 0 Å². The molecule has 1 saturated heterocycles. The van der Waals surface area contributed by atoms with Crippen molar-refractivity contribution in [3.63, 3.8) is 0 Å². The first-order valence-electron chi connectivity index (χ1n) is 10.1. The molecule has 0 N–H and O–H groups in total. The van der Waals surface area contributed by atoms with E-state index in [4.69, 9.17) is 9.47 Å². The summed E-state index contributed by atoms with van der Waals surface area (Å²) in [4.78, 5) is 11.2. The predicted molar refractivity (Wildman–Crippen MR) is 104 cm³/mol. The number of halogens is 6. The zero-order valence-corrected chi connectivity index (χ0v) is 17.1. The Balaban J connectivity index is 1.93. The van der Waals surface area contributed by atoms with Crippen molar-refractivity contribution in [2.75, 3.05) is 6.61 Å². The van der Waals surface area contributed by atoms with E-state index < -0.39 is 41.8 Å². The molecule has 0 amide bonds. The zero-order valence-electron chi connectivity index (χ0n) is 17.1. The van der Waals surface area contributed by atoms with Crippen molar-refractivity contribution in [3.8, 4) is 0 Å². The molecule has 4 atom stereocenters. The van der Waals surface area contributed by atoms with Crippen molar-refractivity contribution in [1.82, 2.24) is 0 Å². The van der Waals surface area contributed by atoms with Gasteiger partial charge in [0.25, 0.3) is 0 Å². The molecule has 0 saturated carbocycles. The van der Waals surface area contributed by atoms with E-state index in [2.05, 4.69) is 0 Å². The lowest BCUT2D eigenvalue weighted by Crippen LogP contribution is -2.37. The molecule has 1 fully saturated rings. The van der Waals surface area contributed by atoms with Crippen molar-refractivity contribution in [1.29, 1.82) is 0 Å². The summed E-state index contributed by atoms with van der Waals surface area (Å²) in [6.07, 6.45) is -10.3. The third-order valence-corrected chi connectivity index (χ3v) is 5.57. The average Bonchev–Trinajstić information content (AvgIpc) is 2.73. The molecular formula is C23H22F6O3. The van der Waals surface area contributed by atoms with Crippen LogP contribution in [0.5, 0.6) is 0 Å². The van der Waals surface area contributed by atoms with Crippen LogP contribution in [0.4, 0.5) is 26.3 Å². The Morgan fingerprint density at radius 3 is 2.16 bits per heavy atom. The topological polar surface area (TPSA) is 35.5 Å². The third kappa shape index (κ3) is 5.69. The monoisotopic (exact) mass is 460 g/mol. The standard InChI is InChI=1S/C23H22F6O3/c1-14(17-11-18(22(24,25)26)13-19(12-17)23(27,28)29)32-21-20(15-5-3-2-4-6-15)16(7-9-30)8-10-31-21/h2-6,9,11-14,16,20-21H,7-8,10H2,1H3. The molecule has 3 rings (SSSR count). The Bertz CT molecular complexity index is 878. The normalized spacial score (nSPS) is 23.0. The van der Waals surface area contributed by atoms with E-state index >= 15 is 0 Å². The summed E-state index contributed by atoms with van der Waals surface area (Å²) >= 11 is 0. The number of rotatable bonds is 6. The van der Waals surface area contributed by atoms with E-state index in [9.17, 15) is 31.1 Å². The van der Waals surface area contributed by atoms with Gasteiger partial charge in [0.05, 0.1) is 23.8 Å². The highest BCUT2D eigenvalue weighted by Crippen LogP contribution is 2.42. The van der Waals surface area contributed by atoms with Crippen molar-refractivity contribution in [3.05, 3.63) is 70.8 Å². The second-order valence-corrected chi connectivity index (χ2v) is 7.74. The molecule has 4 unspecified atom stereocenters. The van der Waals surface area contributed by atoms with Crippen LogP contribution in [0.1, 0.15) is 54.0 Å². The van der Waals surface area contributed by atoms with Gasteiger partial charge in [-0.05, 0) is 48.6 Å². The number of carbonyl (C=O) groups excluding carboxylic acids is 1. The fourth-order valence-corrected chi connectivity index (χ4v) is 3.95. The first-order valence-corrected chi connectivity index (χ1v) is 10.1. The maximum absolute atomic E-state index is 13.2. The van der Waals surface area contributed by atoms with Gasteiger partial charge in [0.1, 0.15) is 6.29 Å². The first kappa shape index (κ1) is 24.3. The summed E-state index contributed by atoms with van der Waals surface area (Å²) in [7, 11) is 0. The minimum atomic E-state index is -4.95. The lowest BCUT2D eigenvalue weighted by Gasteiger charge is -2.39. The van der Waals surface area contributed by atoms with Gasteiger partial charge in [-0.25, -0.2) is 0 Å². The highest BCUT2D eigenvalue weighted by Gasteiger charge is 2.39. The van der Waals surface area contributed by atoms with E-state index in [1.54, 1.807) is 12.1 Å². The molecule has 0 spiro atoms. The molecule has 174 valence electrons. The molecule has 0 radical (unpaired) electrons. The molecular weight excluding hydrogens is 438 g/mol. The summed E-state index contributed by atoms with van der Waals surface area (Å²) in [6, 6.07) is 10.4. The van der Waals surface area contributed by atoms with Crippen LogP contribution in [0.15, 0.2) is 48.5 Å². The molecule has 9 heteroatoms. The van der Waals surface area contributed by atoms with Crippen LogP contribution in [-0.2, 0) is 26.6 Å². The number of alkyl halides is 6.